The molecule has 1 fully saturated rings. The number of amides is 1. The van der Waals surface area contributed by atoms with E-state index >= 15 is 0 Å². The Kier molecular flexibility index (Phi) is 5.25. The molecule has 0 unspecified atom stereocenters. The Labute approximate surface area is 168 Å². The quantitative estimate of drug-likeness (QED) is 0.678. The summed E-state index contributed by atoms with van der Waals surface area (Å²) in [6.07, 6.45) is 1.74. The van der Waals surface area contributed by atoms with E-state index in [4.69, 9.17) is 14.5 Å². The molecule has 1 aliphatic rings. The summed E-state index contributed by atoms with van der Waals surface area (Å²) in [5.74, 6) is 1.58. The summed E-state index contributed by atoms with van der Waals surface area (Å²) in [7, 11) is 1.60. The highest BCUT2D eigenvalue weighted by atomic mass is 16.5. The SMILES string of the molecule is COc1ccccc1-c1nc([C@@H]2CCCN(C(=O)c3cccc(C#N)c3)C2)no1. The molecule has 7 nitrogen and oxygen atoms in total. The zero-order chi connectivity index (χ0) is 20.2. The van der Waals surface area contributed by atoms with Crippen LogP contribution in [0.2, 0.25) is 0 Å². The van der Waals surface area contributed by atoms with Gasteiger partial charge in [-0.25, -0.2) is 0 Å². The van der Waals surface area contributed by atoms with Crippen LogP contribution in [-0.2, 0) is 0 Å². The molecule has 0 N–H and O–H groups in total. The summed E-state index contributed by atoms with van der Waals surface area (Å²) in [6.45, 7) is 1.18. The van der Waals surface area contributed by atoms with Crippen LogP contribution in [-0.4, -0.2) is 41.1 Å². The second-order valence-corrected chi connectivity index (χ2v) is 6.94. The molecule has 3 aromatic rings. The van der Waals surface area contributed by atoms with Crippen molar-refractivity contribution in [2.45, 2.75) is 18.8 Å². The van der Waals surface area contributed by atoms with E-state index in [0.717, 1.165) is 18.4 Å². The Balaban J connectivity index is 1.52. The summed E-state index contributed by atoms with van der Waals surface area (Å²) in [4.78, 5) is 19.3. The van der Waals surface area contributed by atoms with Gasteiger partial charge in [0.2, 0.25) is 0 Å². The average Bonchev–Trinajstić information content (AvgIpc) is 3.29. The molecule has 1 aromatic heterocycles. The molecular formula is C22H20N4O3. The first-order valence-electron chi connectivity index (χ1n) is 9.46. The van der Waals surface area contributed by atoms with Crippen LogP contribution in [0.3, 0.4) is 0 Å². The summed E-state index contributed by atoms with van der Waals surface area (Å²) in [5.41, 5.74) is 1.74. The molecule has 146 valence electrons. The predicted molar refractivity (Wildman–Crippen MR) is 105 cm³/mol. The monoisotopic (exact) mass is 388 g/mol. The average molecular weight is 388 g/mol. The van der Waals surface area contributed by atoms with E-state index in [1.807, 2.05) is 24.3 Å². The Hall–Kier alpha value is -3.66. The van der Waals surface area contributed by atoms with Crippen molar-refractivity contribution in [1.29, 1.82) is 5.26 Å². The number of nitrogens with zero attached hydrogens (tertiary/aromatic N) is 4. The molecule has 0 aliphatic carbocycles. The first-order chi connectivity index (χ1) is 14.2. The van der Waals surface area contributed by atoms with Crippen LogP contribution in [0.15, 0.2) is 53.1 Å². The molecule has 4 rings (SSSR count). The molecular weight excluding hydrogens is 368 g/mol. The van der Waals surface area contributed by atoms with Crippen molar-refractivity contribution in [3.63, 3.8) is 0 Å². The molecule has 0 bridgehead atoms. The van der Waals surface area contributed by atoms with Gasteiger partial charge >= 0.3 is 0 Å². The lowest BCUT2D eigenvalue weighted by Crippen LogP contribution is -2.39. The number of likely N-dealkylation sites (tertiary alicyclic amines) is 1. The van der Waals surface area contributed by atoms with Gasteiger partial charge in [-0.2, -0.15) is 10.2 Å². The molecule has 2 aromatic carbocycles. The van der Waals surface area contributed by atoms with Gasteiger partial charge in [-0.3, -0.25) is 4.79 Å². The smallest absolute Gasteiger partial charge is 0.261 e. The van der Waals surface area contributed by atoms with Crippen LogP contribution in [0.1, 0.15) is 40.5 Å². The van der Waals surface area contributed by atoms with Crippen LogP contribution < -0.4 is 4.74 Å². The van der Waals surface area contributed by atoms with Crippen molar-refractivity contribution in [3.05, 3.63) is 65.5 Å². The summed E-state index contributed by atoms with van der Waals surface area (Å²) in [5, 5.41) is 13.2. The van der Waals surface area contributed by atoms with Gasteiger partial charge in [0.15, 0.2) is 5.82 Å². The van der Waals surface area contributed by atoms with Crippen molar-refractivity contribution < 1.29 is 14.1 Å². The number of methoxy groups -OCH3 is 1. The van der Waals surface area contributed by atoms with E-state index in [2.05, 4.69) is 16.2 Å². The number of benzene rings is 2. The molecule has 0 spiro atoms. The van der Waals surface area contributed by atoms with Crippen molar-refractivity contribution in [2.24, 2.45) is 0 Å². The van der Waals surface area contributed by atoms with E-state index in [1.54, 1.807) is 36.3 Å². The van der Waals surface area contributed by atoms with Gasteiger partial charge in [0.1, 0.15) is 5.75 Å². The second-order valence-electron chi connectivity index (χ2n) is 6.94. The molecule has 1 amide bonds. The Morgan fingerprint density at radius 1 is 1.28 bits per heavy atom. The molecule has 0 radical (unpaired) electrons. The maximum atomic E-state index is 12.9. The third kappa shape index (κ3) is 3.83. The first-order valence-corrected chi connectivity index (χ1v) is 9.46. The Bertz CT molecular complexity index is 1070. The summed E-state index contributed by atoms with van der Waals surface area (Å²) in [6, 6.07) is 16.3. The van der Waals surface area contributed by atoms with Gasteiger partial charge in [-0.05, 0) is 43.2 Å². The highest BCUT2D eigenvalue weighted by Gasteiger charge is 2.29. The van der Waals surface area contributed by atoms with Crippen molar-refractivity contribution in [2.75, 3.05) is 20.2 Å². The van der Waals surface area contributed by atoms with E-state index in [-0.39, 0.29) is 11.8 Å². The number of hydrogen-bond acceptors (Lipinski definition) is 6. The lowest BCUT2D eigenvalue weighted by atomic mass is 9.96. The highest BCUT2D eigenvalue weighted by molar-refractivity contribution is 5.94. The minimum Gasteiger partial charge on any atom is -0.496 e. The topological polar surface area (TPSA) is 92.2 Å². The Morgan fingerprint density at radius 2 is 2.14 bits per heavy atom. The maximum Gasteiger partial charge on any atom is 0.261 e. The second kappa shape index (κ2) is 8.15. The third-order valence-corrected chi connectivity index (χ3v) is 5.09. The zero-order valence-corrected chi connectivity index (χ0v) is 16.0. The van der Waals surface area contributed by atoms with E-state index in [0.29, 0.717) is 41.7 Å². The third-order valence-electron chi connectivity index (χ3n) is 5.09. The molecule has 2 heterocycles. The van der Waals surface area contributed by atoms with Gasteiger partial charge in [-0.15, -0.1) is 0 Å². The lowest BCUT2D eigenvalue weighted by Gasteiger charge is -2.31. The molecule has 0 saturated carbocycles. The molecule has 1 saturated heterocycles. The first kappa shape index (κ1) is 18.7. The molecule has 7 heteroatoms. The fourth-order valence-corrected chi connectivity index (χ4v) is 3.61. The standard InChI is InChI=1S/C22H20N4O3/c1-28-19-10-3-2-9-18(19)21-24-20(25-29-21)17-8-5-11-26(14-17)22(27)16-7-4-6-15(12-16)13-23/h2-4,6-7,9-10,12,17H,5,8,11,14H2,1H3/t17-/m1/s1. The van der Waals surface area contributed by atoms with Gasteiger partial charge in [0.05, 0.1) is 24.3 Å². The van der Waals surface area contributed by atoms with E-state index in [1.165, 1.54) is 0 Å². The largest absolute Gasteiger partial charge is 0.496 e. The fourth-order valence-electron chi connectivity index (χ4n) is 3.61. The number of carbonyl (C=O) groups is 1. The Morgan fingerprint density at radius 3 is 2.97 bits per heavy atom. The molecule has 1 aliphatic heterocycles. The van der Waals surface area contributed by atoms with Crippen molar-refractivity contribution in [1.82, 2.24) is 15.0 Å². The minimum absolute atomic E-state index is 0.000874. The van der Waals surface area contributed by atoms with Gasteiger partial charge in [0, 0.05) is 24.6 Å². The van der Waals surface area contributed by atoms with Gasteiger partial charge in [0.25, 0.3) is 11.8 Å². The van der Waals surface area contributed by atoms with E-state index < -0.39 is 0 Å². The van der Waals surface area contributed by atoms with Crippen LogP contribution in [0.4, 0.5) is 0 Å². The summed E-state index contributed by atoms with van der Waals surface area (Å²) < 4.78 is 10.8. The number of para-hydroxylation sites is 1. The van der Waals surface area contributed by atoms with Crippen LogP contribution in [0, 0.1) is 11.3 Å². The normalized spacial score (nSPS) is 16.3. The van der Waals surface area contributed by atoms with Crippen LogP contribution >= 0.6 is 0 Å². The van der Waals surface area contributed by atoms with Crippen LogP contribution in [0.5, 0.6) is 5.75 Å². The number of rotatable bonds is 4. The number of carbonyl (C=O) groups excluding carboxylic acids is 1. The number of aromatic nitrogens is 2. The van der Waals surface area contributed by atoms with E-state index in [9.17, 15) is 4.79 Å². The van der Waals surface area contributed by atoms with Crippen molar-refractivity contribution in [3.8, 4) is 23.3 Å². The van der Waals surface area contributed by atoms with Crippen LogP contribution in [0.25, 0.3) is 11.5 Å². The minimum atomic E-state index is -0.0831. The molecule has 1 atom stereocenters. The van der Waals surface area contributed by atoms with Crippen molar-refractivity contribution >= 4 is 5.91 Å². The number of ether oxygens (including phenoxy) is 1. The lowest BCUT2D eigenvalue weighted by molar-refractivity contribution is 0.0703. The zero-order valence-electron chi connectivity index (χ0n) is 16.0. The predicted octanol–water partition coefficient (Wildman–Crippen LogP) is 3.64. The number of hydrogen-bond donors (Lipinski definition) is 0. The maximum absolute atomic E-state index is 12.9. The number of nitriles is 1. The highest BCUT2D eigenvalue weighted by Crippen LogP contribution is 2.31. The molecule has 29 heavy (non-hydrogen) atoms. The summed E-state index contributed by atoms with van der Waals surface area (Å²) >= 11 is 0. The number of piperidine rings is 1. The van der Waals surface area contributed by atoms with Gasteiger partial charge < -0.3 is 14.2 Å². The van der Waals surface area contributed by atoms with Gasteiger partial charge in [-0.1, -0.05) is 23.4 Å². The fraction of sp³-hybridized carbons (Fsp3) is 0.273.